The van der Waals surface area contributed by atoms with Gasteiger partial charge in [0.1, 0.15) is 11.5 Å². The van der Waals surface area contributed by atoms with Gasteiger partial charge in [-0.3, -0.25) is 4.90 Å². The summed E-state index contributed by atoms with van der Waals surface area (Å²) in [6, 6.07) is 12.3. The lowest BCUT2D eigenvalue weighted by Gasteiger charge is -2.36. The van der Waals surface area contributed by atoms with Crippen LogP contribution in [0.15, 0.2) is 36.4 Å². The highest BCUT2D eigenvalue weighted by atomic mass is 35.5. The van der Waals surface area contributed by atoms with Crippen molar-refractivity contribution in [1.82, 2.24) is 4.90 Å². The predicted molar refractivity (Wildman–Crippen MR) is 104 cm³/mol. The van der Waals surface area contributed by atoms with Crippen molar-refractivity contribution in [3.8, 4) is 11.5 Å². The molecule has 0 spiro atoms. The molecule has 2 aliphatic rings. The summed E-state index contributed by atoms with van der Waals surface area (Å²) in [5.74, 6) is 1.39. The molecule has 0 atom stereocenters. The zero-order chi connectivity index (χ0) is 17.4. The number of piperazine rings is 1. The molecule has 0 amide bonds. The quantitative estimate of drug-likeness (QED) is 0.725. The van der Waals surface area contributed by atoms with Crippen LogP contribution in [0.4, 0.5) is 5.69 Å². The lowest BCUT2D eigenvalue weighted by atomic mass is 10.1. The number of halogens is 2. The summed E-state index contributed by atoms with van der Waals surface area (Å²) in [6.07, 6.45) is 2.76. The van der Waals surface area contributed by atoms with E-state index in [1.165, 1.54) is 18.5 Å². The van der Waals surface area contributed by atoms with Gasteiger partial charge in [0, 0.05) is 44.0 Å². The predicted octanol–water partition coefficient (Wildman–Crippen LogP) is 5.25. The smallest absolute Gasteiger partial charge is 0.130 e. The Morgan fingerprint density at radius 2 is 1.68 bits per heavy atom. The summed E-state index contributed by atoms with van der Waals surface area (Å²) < 4.78 is 5.91. The fourth-order valence-corrected chi connectivity index (χ4v) is 3.60. The molecule has 25 heavy (non-hydrogen) atoms. The highest BCUT2D eigenvalue weighted by Crippen LogP contribution is 2.33. The highest BCUT2D eigenvalue weighted by Gasteiger charge is 2.31. The molecule has 2 fully saturated rings. The third kappa shape index (κ3) is 3.89. The third-order valence-electron chi connectivity index (χ3n) is 4.91. The Morgan fingerprint density at radius 1 is 0.920 bits per heavy atom. The van der Waals surface area contributed by atoms with Gasteiger partial charge >= 0.3 is 0 Å². The Morgan fingerprint density at radius 3 is 2.32 bits per heavy atom. The number of ether oxygens (including phenoxy) is 1. The normalized spacial score (nSPS) is 18.4. The van der Waals surface area contributed by atoms with E-state index in [4.69, 9.17) is 27.9 Å². The van der Waals surface area contributed by atoms with Crippen molar-refractivity contribution >= 4 is 28.9 Å². The van der Waals surface area contributed by atoms with E-state index in [1.54, 1.807) is 18.2 Å². The largest absolute Gasteiger partial charge is 0.457 e. The number of benzene rings is 2. The second-order valence-corrected chi connectivity index (χ2v) is 7.54. The summed E-state index contributed by atoms with van der Waals surface area (Å²) in [5.41, 5.74) is 2.08. The van der Waals surface area contributed by atoms with Crippen LogP contribution in [-0.4, -0.2) is 37.1 Å². The van der Waals surface area contributed by atoms with Crippen LogP contribution < -0.4 is 9.64 Å². The number of rotatable bonds is 4. The second-order valence-electron chi connectivity index (χ2n) is 6.72. The van der Waals surface area contributed by atoms with Crippen molar-refractivity contribution < 1.29 is 4.74 Å². The van der Waals surface area contributed by atoms with E-state index < -0.39 is 0 Å². The maximum Gasteiger partial charge on any atom is 0.130 e. The van der Waals surface area contributed by atoms with E-state index in [0.29, 0.717) is 15.8 Å². The van der Waals surface area contributed by atoms with Gasteiger partial charge in [0.15, 0.2) is 0 Å². The van der Waals surface area contributed by atoms with E-state index >= 15 is 0 Å². The maximum atomic E-state index is 6.05. The summed E-state index contributed by atoms with van der Waals surface area (Å²) in [5, 5.41) is 1.000. The van der Waals surface area contributed by atoms with E-state index in [9.17, 15) is 0 Å². The van der Waals surface area contributed by atoms with Crippen molar-refractivity contribution in [3.63, 3.8) is 0 Å². The minimum Gasteiger partial charge on any atom is -0.457 e. The van der Waals surface area contributed by atoms with Gasteiger partial charge in [0.05, 0.1) is 10.0 Å². The molecule has 1 aliphatic heterocycles. The molecule has 2 aromatic rings. The molecule has 4 rings (SSSR count). The average Bonchev–Trinajstić information content (AvgIpc) is 3.45. The molecule has 0 aromatic heterocycles. The van der Waals surface area contributed by atoms with Crippen LogP contribution >= 0.6 is 23.2 Å². The van der Waals surface area contributed by atoms with Crippen LogP contribution in [0.25, 0.3) is 0 Å². The van der Waals surface area contributed by atoms with Crippen molar-refractivity contribution in [2.45, 2.75) is 18.9 Å². The molecule has 3 nitrogen and oxygen atoms in total. The summed E-state index contributed by atoms with van der Waals surface area (Å²) in [6.45, 7) is 8.59. The van der Waals surface area contributed by atoms with Gasteiger partial charge < -0.3 is 9.64 Å². The summed E-state index contributed by atoms with van der Waals surface area (Å²) >= 11 is 12.0. The SMILES string of the molecule is [CH2]c1cc(N2CCN(C3CC3)CC2)ccc1Oc1ccc(Cl)c(Cl)c1. The Labute approximate surface area is 159 Å². The fourth-order valence-electron chi connectivity index (χ4n) is 3.31. The molecular weight excluding hydrogens is 355 g/mol. The molecule has 131 valence electrons. The van der Waals surface area contributed by atoms with Gasteiger partial charge in [-0.15, -0.1) is 0 Å². The Balaban J connectivity index is 1.44. The number of nitrogens with zero attached hydrogens (tertiary/aromatic N) is 2. The first-order valence-corrected chi connectivity index (χ1v) is 9.43. The molecule has 1 radical (unpaired) electrons. The monoisotopic (exact) mass is 375 g/mol. The van der Waals surface area contributed by atoms with E-state index in [2.05, 4.69) is 28.9 Å². The van der Waals surface area contributed by atoms with Gasteiger partial charge in [-0.25, -0.2) is 0 Å². The zero-order valence-corrected chi connectivity index (χ0v) is 15.6. The zero-order valence-electron chi connectivity index (χ0n) is 14.0. The second kappa shape index (κ2) is 7.06. The Bertz CT molecular complexity index is 768. The van der Waals surface area contributed by atoms with Crippen molar-refractivity contribution in [1.29, 1.82) is 0 Å². The van der Waals surface area contributed by atoms with Crippen LogP contribution in [0.3, 0.4) is 0 Å². The summed E-state index contributed by atoms with van der Waals surface area (Å²) in [7, 11) is 0. The molecule has 1 heterocycles. The minimum atomic E-state index is 0.481. The average molecular weight is 376 g/mol. The molecular formula is C20H21Cl2N2O. The van der Waals surface area contributed by atoms with Crippen LogP contribution in [0, 0.1) is 6.92 Å². The lowest BCUT2D eigenvalue weighted by Crippen LogP contribution is -2.47. The molecule has 5 heteroatoms. The van der Waals surface area contributed by atoms with Crippen molar-refractivity contribution in [2.75, 3.05) is 31.1 Å². The molecule has 1 saturated carbocycles. The number of anilines is 1. The van der Waals surface area contributed by atoms with Gasteiger partial charge in [-0.2, -0.15) is 0 Å². The highest BCUT2D eigenvalue weighted by molar-refractivity contribution is 6.42. The molecule has 2 aromatic carbocycles. The molecule has 0 N–H and O–H groups in total. The van der Waals surface area contributed by atoms with Gasteiger partial charge in [-0.1, -0.05) is 23.2 Å². The van der Waals surface area contributed by atoms with Crippen LogP contribution in [0.2, 0.25) is 10.0 Å². The molecule has 0 unspecified atom stereocenters. The third-order valence-corrected chi connectivity index (χ3v) is 5.64. The molecule has 0 bridgehead atoms. The Kier molecular flexibility index (Phi) is 4.81. The number of hydrogen-bond acceptors (Lipinski definition) is 3. The Hall–Kier alpha value is -1.42. The van der Waals surface area contributed by atoms with E-state index in [0.717, 1.165) is 43.5 Å². The number of hydrogen-bond donors (Lipinski definition) is 0. The first-order chi connectivity index (χ1) is 12.1. The fraction of sp³-hybridized carbons (Fsp3) is 0.350. The van der Waals surface area contributed by atoms with Gasteiger partial charge in [0.2, 0.25) is 0 Å². The molecule has 1 saturated heterocycles. The first kappa shape index (κ1) is 17.0. The summed E-state index contributed by atoms with van der Waals surface area (Å²) in [4.78, 5) is 5.04. The van der Waals surface area contributed by atoms with Crippen LogP contribution in [0.5, 0.6) is 11.5 Å². The van der Waals surface area contributed by atoms with Crippen molar-refractivity contribution in [3.05, 3.63) is 58.9 Å². The van der Waals surface area contributed by atoms with Crippen molar-refractivity contribution in [2.24, 2.45) is 0 Å². The van der Waals surface area contributed by atoms with Crippen LogP contribution in [0.1, 0.15) is 18.4 Å². The van der Waals surface area contributed by atoms with Crippen LogP contribution in [-0.2, 0) is 0 Å². The maximum absolute atomic E-state index is 6.05. The van der Waals surface area contributed by atoms with Gasteiger partial charge in [0.25, 0.3) is 0 Å². The van der Waals surface area contributed by atoms with E-state index in [-0.39, 0.29) is 0 Å². The lowest BCUT2D eigenvalue weighted by molar-refractivity contribution is 0.248. The standard InChI is InChI=1S/C20H21Cl2N2O/c1-14-12-16(24-10-8-23(9-11-24)15-2-3-15)4-7-20(14)25-17-5-6-18(21)19(22)13-17/h4-7,12-13,15H,1-3,8-11H2. The first-order valence-electron chi connectivity index (χ1n) is 8.68. The topological polar surface area (TPSA) is 15.7 Å². The minimum absolute atomic E-state index is 0.481. The van der Waals surface area contributed by atoms with E-state index in [1.807, 2.05) is 6.07 Å². The van der Waals surface area contributed by atoms with Gasteiger partial charge in [-0.05, 0) is 55.7 Å². The molecule has 1 aliphatic carbocycles.